The molecule has 0 spiro atoms. The summed E-state index contributed by atoms with van der Waals surface area (Å²) < 4.78 is 0. The average molecular weight is 302 g/mol. The molecule has 0 heterocycles. The Morgan fingerprint density at radius 1 is 0.957 bits per heavy atom. The molecule has 2 aromatic rings. The van der Waals surface area contributed by atoms with E-state index in [0.29, 0.717) is 5.92 Å². The van der Waals surface area contributed by atoms with Gasteiger partial charge in [0.25, 0.3) is 0 Å². The molecule has 0 saturated heterocycles. The first-order valence-corrected chi connectivity index (χ1v) is 9.21. The van der Waals surface area contributed by atoms with E-state index in [-0.39, 0.29) is 0 Å². The minimum Gasteiger partial charge on any atom is -0.0808 e. The third-order valence-corrected chi connectivity index (χ3v) is 5.95. The van der Waals surface area contributed by atoms with Crippen molar-refractivity contribution in [2.45, 2.75) is 38.5 Å². The fourth-order valence-electron chi connectivity index (χ4n) is 4.87. The first-order valence-electron chi connectivity index (χ1n) is 9.21. The highest BCUT2D eigenvalue weighted by atomic mass is 14.5. The normalized spacial score (nSPS) is 29.1. The van der Waals surface area contributed by atoms with Crippen LogP contribution in [-0.2, 0) is 0 Å². The maximum absolute atomic E-state index is 2.48. The zero-order valence-corrected chi connectivity index (χ0v) is 14.0. The van der Waals surface area contributed by atoms with Crippen molar-refractivity contribution in [2.75, 3.05) is 0 Å². The molecule has 0 bridgehead atoms. The minimum absolute atomic E-state index is 0.704. The number of hydrogen-bond donors (Lipinski definition) is 0. The monoisotopic (exact) mass is 302 g/mol. The fourth-order valence-corrected chi connectivity index (χ4v) is 4.87. The molecule has 0 N–H and O–H groups in total. The summed E-state index contributed by atoms with van der Waals surface area (Å²) in [6, 6.07) is 15.8. The first kappa shape index (κ1) is 14.8. The van der Waals surface area contributed by atoms with Crippen molar-refractivity contribution in [3.63, 3.8) is 0 Å². The van der Waals surface area contributed by atoms with Crippen molar-refractivity contribution in [1.29, 1.82) is 0 Å². The summed E-state index contributed by atoms with van der Waals surface area (Å²) in [6.07, 6.45) is 14.8. The number of fused-ring (bicyclic) bond motifs is 2. The molecule has 4 unspecified atom stereocenters. The van der Waals surface area contributed by atoms with Gasteiger partial charge in [-0.1, -0.05) is 86.5 Å². The second kappa shape index (κ2) is 6.35. The first-order chi connectivity index (χ1) is 11.4. The van der Waals surface area contributed by atoms with E-state index in [2.05, 4.69) is 73.7 Å². The van der Waals surface area contributed by atoms with Crippen molar-refractivity contribution in [3.05, 3.63) is 72.3 Å². The average Bonchev–Trinajstić information content (AvgIpc) is 2.98. The Hall–Kier alpha value is -1.82. The van der Waals surface area contributed by atoms with Crippen molar-refractivity contribution >= 4 is 10.8 Å². The van der Waals surface area contributed by atoms with E-state index in [9.17, 15) is 0 Å². The van der Waals surface area contributed by atoms with Gasteiger partial charge in [-0.2, -0.15) is 0 Å². The lowest BCUT2D eigenvalue weighted by molar-refractivity contribution is 0.360. The Kier molecular flexibility index (Phi) is 4.08. The summed E-state index contributed by atoms with van der Waals surface area (Å²) in [5, 5.41) is 2.85. The lowest BCUT2D eigenvalue weighted by Gasteiger charge is -2.26. The largest absolute Gasteiger partial charge is 0.0808 e. The molecule has 4 atom stereocenters. The smallest absolute Gasteiger partial charge is 0.0116 e. The Labute approximate surface area is 139 Å². The van der Waals surface area contributed by atoms with Gasteiger partial charge >= 0.3 is 0 Å². The van der Waals surface area contributed by atoms with Gasteiger partial charge in [-0.05, 0) is 52.8 Å². The Balaban J connectivity index is 1.75. The maximum atomic E-state index is 2.48. The van der Waals surface area contributed by atoms with Crippen LogP contribution in [0.15, 0.2) is 66.8 Å². The Bertz CT molecular complexity index is 731. The molecular formula is C23H26. The second-order valence-electron chi connectivity index (χ2n) is 7.23. The van der Waals surface area contributed by atoms with Crippen LogP contribution in [0.4, 0.5) is 0 Å². The van der Waals surface area contributed by atoms with Crippen molar-refractivity contribution in [1.82, 2.24) is 0 Å². The number of rotatable bonds is 4. The van der Waals surface area contributed by atoms with Crippen LogP contribution in [-0.4, -0.2) is 0 Å². The predicted octanol–water partition coefficient (Wildman–Crippen LogP) is 6.49. The molecule has 4 rings (SSSR count). The van der Waals surface area contributed by atoms with Gasteiger partial charge in [0.1, 0.15) is 0 Å². The SMILES string of the molecule is CCCCC1C(c2cccc3ccccc23)CC2C=CC=CC21. The van der Waals surface area contributed by atoms with Crippen LogP contribution in [0.25, 0.3) is 10.8 Å². The second-order valence-corrected chi connectivity index (χ2v) is 7.23. The molecule has 0 radical (unpaired) electrons. The van der Waals surface area contributed by atoms with E-state index in [1.54, 1.807) is 5.56 Å². The summed E-state index contributed by atoms with van der Waals surface area (Å²) in [5.41, 5.74) is 1.58. The summed E-state index contributed by atoms with van der Waals surface area (Å²) >= 11 is 0. The molecule has 1 saturated carbocycles. The van der Waals surface area contributed by atoms with Gasteiger partial charge in [0.05, 0.1) is 0 Å². The summed E-state index contributed by atoms with van der Waals surface area (Å²) in [5.74, 6) is 2.99. The zero-order chi connectivity index (χ0) is 15.6. The van der Waals surface area contributed by atoms with Crippen molar-refractivity contribution < 1.29 is 0 Å². The highest BCUT2D eigenvalue weighted by Crippen LogP contribution is 2.52. The van der Waals surface area contributed by atoms with E-state index in [1.807, 2.05) is 0 Å². The van der Waals surface area contributed by atoms with Gasteiger partial charge < -0.3 is 0 Å². The molecule has 0 heteroatoms. The standard InChI is InChI=1S/C23H26/c1-2-3-12-21-20-14-7-5-10-18(20)16-23(21)22-15-8-11-17-9-4-6-13-19(17)22/h4-11,13-15,18,20-21,23H,2-3,12,16H2,1H3. The van der Waals surface area contributed by atoms with E-state index in [4.69, 9.17) is 0 Å². The van der Waals surface area contributed by atoms with Gasteiger partial charge in [-0.25, -0.2) is 0 Å². The van der Waals surface area contributed by atoms with Crippen LogP contribution in [0.1, 0.15) is 44.1 Å². The quantitative estimate of drug-likeness (QED) is 0.605. The molecule has 0 amide bonds. The molecule has 118 valence electrons. The van der Waals surface area contributed by atoms with Gasteiger partial charge in [-0.15, -0.1) is 0 Å². The summed E-state index contributed by atoms with van der Waals surface area (Å²) in [6.45, 7) is 2.32. The number of hydrogen-bond acceptors (Lipinski definition) is 0. The summed E-state index contributed by atoms with van der Waals surface area (Å²) in [4.78, 5) is 0. The molecule has 23 heavy (non-hydrogen) atoms. The fraction of sp³-hybridized carbons (Fsp3) is 0.391. The summed E-state index contributed by atoms with van der Waals surface area (Å²) in [7, 11) is 0. The van der Waals surface area contributed by atoms with Crippen molar-refractivity contribution in [3.8, 4) is 0 Å². The van der Waals surface area contributed by atoms with Crippen LogP contribution in [0.5, 0.6) is 0 Å². The highest BCUT2D eigenvalue weighted by molar-refractivity contribution is 5.86. The minimum atomic E-state index is 0.704. The molecule has 0 nitrogen and oxygen atoms in total. The van der Waals surface area contributed by atoms with Crippen LogP contribution in [0, 0.1) is 17.8 Å². The molecule has 2 aromatic carbocycles. The van der Waals surface area contributed by atoms with Crippen LogP contribution >= 0.6 is 0 Å². The van der Waals surface area contributed by atoms with Crippen LogP contribution in [0.2, 0.25) is 0 Å². The van der Waals surface area contributed by atoms with E-state index in [1.165, 1.54) is 36.5 Å². The Morgan fingerprint density at radius 2 is 1.78 bits per heavy atom. The Morgan fingerprint density at radius 3 is 2.70 bits per heavy atom. The predicted molar refractivity (Wildman–Crippen MR) is 99.6 cm³/mol. The topological polar surface area (TPSA) is 0 Å². The van der Waals surface area contributed by atoms with Gasteiger partial charge in [0, 0.05) is 0 Å². The van der Waals surface area contributed by atoms with E-state index < -0.39 is 0 Å². The molecule has 2 aliphatic rings. The van der Waals surface area contributed by atoms with E-state index in [0.717, 1.165) is 17.8 Å². The van der Waals surface area contributed by atoms with Crippen molar-refractivity contribution in [2.24, 2.45) is 17.8 Å². The zero-order valence-electron chi connectivity index (χ0n) is 14.0. The third-order valence-electron chi connectivity index (χ3n) is 5.95. The van der Waals surface area contributed by atoms with Crippen LogP contribution < -0.4 is 0 Å². The number of allylic oxidation sites excluding steroid dienone is 4. The third kappa shape index (κ3) is 2.65. The molecule has 1 fully saturated rings. The lowest BCUT2D eigenvalue weighted by atomic mass is 9.79. The molecule has 0 aromatic heterocycles. The molecule has 2 aliphatic carbocycles. The number of benzene rings is 2. The molecular weight excluding hydrogens is 276 g/mol. The van der Waals surface area contributed by atoms with E-state index >= 15 is 0 Å². The maximum Gasteiger partial charge on any atom is -0.0116 e. The number of unbranched alkanes of at least 4 members (excludes halogenated alkanes) is 1. The van der Waals surface area contributed by atoms with Gasteiger partial charge in [-0.3, -0.25) is 0 Å². The lowest BCUT2D eigenvalue weighted by Crippen LogP contribution is -2.16. The molecule has 0 aliphatic heterocycles. The van der Waals surface area contributed by atoms with Gasteiger partial charge in [0.2, 0.25) is 0 Å². The van der Waals surface area contributed by atoms with Gasteiger partial charge in [0.15, 0.2) is 0 Å². The van der Waals surface area contributed by atoms with Crippen LogP contribution in [0.3, 0.4) is 0 Å². The highest BCUT2D eigenvalue weighted by Gasteiger charge is 2.41.